The van der Waals surface area contributed by atoms with Crippen LogP contribution in [0, 0.1) is 0 Å². The third-order valence-corrected chi connectivity index (χ3v) is 3.15. The molecular formula is C13H16N2O3. The van der Waals surface area contributed by atoms with Gasteiger partial charge in [-0.3, -0.25) is 14.5 Å². The van der Waals surface area contributed by atoms with Gasteiger partial charge >= 0.3 is 0 Å². The third kappa shape index (κ3) is 1.86. The van der Waals surface area contributed by atoms with Crippen molar-refractivity contribution in [2.45, 2.75) is 19.4 Å². The summed E-state index contributed by atoms with van der Waals surface area (Å²) >= 11 is 0. The van der Waals surface area contributed by atoms with Crippen LogP contribution in [0.2, 0.25) is 0 Å². The second-order valence-electron chi connectivity index (χ2n) is 4.32. The van der Waals surface area contributed by atoms with Crippen LogP contribution >= 0.6 is 0 Å². The minimum Gasteiger partial charge on any atom is -0.497 e. The number of carbonyl (C=O) groups excluding carboxylic acids is 2. The van der Waals surface area contributed by atoms with Gasteiger partial charge in [-0.1, -0.05) is 0 Å². The van der Waals surface area contributed by atoms with Gasteiger partial charge in [0.15, 0.2) is 0 Å². The zero-order chi connectivity index (χ0) is 13.3. The van der Waals surface area contributed by atoms with Crippen LogP contribution in [0.15, 0.2) is 18.2 Å². The number of methoxy groups -OCH3 is 1. The standard InChI is InChI=1S/C13H16N2O3/c1-8(5-6-14)15-12(16)10-4-3-9(18-2)7-11(10)13(15)17/h3-4,7-8H,5-6,14H2,1-2H3. The molecule has 1 heterocycles. The zero-order valence-corrected chi connectivity index (χ0v) is 10.5. The van der Waals surface area contributed by atoms with E-state index < -0.39 is 0 Å². The molecule has 2 rings (SSSR count). The first-order chi connectivity index (χ1) is 8.60. The van der Waals surface area contributed by atoms with Crippen molar-refractivity contribution in [3.05, 3.63) is 29.3 Å². The number of rotatable bonds is 4. The fourth-order valence-electron chi connectivity index (χ4n) is 2.14. The molecule has 1 atom stereocenters. The smallest absolute Gasteiger partial charge is 0.261 e. The Labute approximate surface area is 106 Å². The lowest BCUT2D eigenvalue weighted by Gasteiger charge is -2.21. The highest BCUT2D eigenvalue weighted by molar-refractivity contribution is 6.21. The Kier molecular flexibility index (Phi) is 3.34. The Balaban J connectivity index is 2.37. The van der Waals surface area contributed by atoms with Gasteiger partial charge in [0.2, 0.25) is 0 Å². The fourth-order valence-corrected chi connectivity index (χ4v) is 2.14. The summed E-state index contributed by atoms with van der Waals surface area (Å²) in [5, 5.41) is 0. The minimum absolute atomic E-state index is 0.187. The van der Waals surface area contributed by atoms with Gasteiger partial charge in [0.05, 0.1) is 18.2 Å². The molecular weight excluding hydrogens is 232 g/mol. The molecule has 0 fully saturated rings. The van der Waals surface area contributed by atoms with E-state index in [0.717, 1.165) is 0 Å². The molecule has 2 amide bonds. The van der Waals surface area contributed by atoms with Gasteiger partial charge in [-0.25, -0.2) is 0 Å². The van der Waals surface area contributed by atoms with Gasteiger partial charge in [0.1, 0.15) is 5.75 Å². The van der Waals surface area contributed by atoms with Crippen molar-refractivity contribution in [3.63, 3.8) is 0 Å². The molecule has 5 heteroatoms. The van der Waals surface area contributed by atoms with Crippen molar-refractivity contribution >= 4 is 11.8 Å². The number of hydrogen-bond donors (Lipinski definition) is 1. The van der Waals surface area contributed by atoms with E-state index in [1.165, 1.54) is 12.0 Å². The predicted octanol–water partition coefficient (Wildman–Crippen LogP) is 1.03. The van der Waals surface area contributed by atoms with Gasteiger partial charge in [0.25, 0.3) is 11.8 Å². The first-order valence-electron chi connectivity index (χ1n) is 5.86. The normalized spacial score (nSPS) is 15.8. The van der Waals surface area contributed by atoms with Crippen LogP contribution in [-0.4, -0.2) is 36.4 Å². The Hall–Kier alpha value is -1.88. The number of carbonyl (C=O) groups is 2. The maximum absolute atomic E-state index is 12.2. The summed E-state index contributed by atoms with van der Waals surface area (Å²) in [5.74, 6) is 0.0525. The molecule has 1 aromatic carbocycles. The molecule has 5 nitrogen and oxygen atoms in total. The first-order valence-corrected chi connectivity index (χ1v) is 5.86. The topological polar surface area (TPSA) is 72.6 Å². The highest BCUT2D eigenvalue weighted by Crippen LogP contribution is 2.28. The van der Waals surface area contributed by atoms with Gasteiger partial charge in [-0.05, 0) is 38.1 Å². The second-order valence-corrected chi connectivity index (χ2v) is 4.32. The summed E-state index contributed by atoms with van der Waals surface area (Å²) in [6.07, 6.45) is 0.600. The molecule has 18 heavy (non-hydrogen) atoms. The SMILES string of the molecule is COc1ccc2c(c1)C(=O)N(C(C)CCN)C2=O. The highest BCUT2D eigenvalue weighted by Gasteiger charge is 2.38. The summed E-state index contributed by atoms with van der Waals surface area (Å²) in [4.78, 5) is 25.6. The minimum atomic E-state index is -0.269. The van der Waals surface area contributed by atoms with Crippen LogP contribution in [0.5, 0.6) is 5.75 Å². The fraction of sp³-hybridized carbons (Fsp3) is 0.385. The molecule has 0 aromatic heterocycles. The molecule has 0 spiro atoms. The molecule has 0 saturated heterocycles. The van der Waals surface area contributed by atoms with E-state index in [1.807, 2.05) is 6.92 Å². The lowest BCUT2D eigenvalue weighted by Crippen LogP contribution is -2.39. The average molecular weight is 248 g/mol. The van der Waals surface area contributed by atoms with E-state index in [4.69, 9.17) is 10.5 Å². The molecule has 2 N–H and O–H groups in total. The van der Waals surface area contributed by atoms with E-state index >= 15 is 0 Å². The molecule has 96 valence electrons. The highest BCUT2D eigenvalue weighted by atomic mass is 16.5. The van der Waals surface area contributed by atoms with Gasteiger partial charge in [0, 0.05) is 6.04 Å². The van der Waals surface area contributed by atoms with Crippen LogP contribution in [0.1, 0.15) is 34.1 Å². The summed E-state index contributed by atoms with van der Waals surface area (Å²) < 4.78 is 5.06. The Morgan fingerprint density at radius 2 is 1.94 bits per heavy atom. The molecule has 0 radical (unpaired) electrons. The van der Waals surface area contributed by atoms with Crippen LogP contribution in [0.4, 0.5) is 0 Å². The van der Waals surface area contributed by atoms with E-state index in [0.29, 0.717) is 29.8 Å². The Morgan fingerprint density at radius 1 is 1.28 bits per heavy atom. The summed E-state index contributed by atoms with van der Waals surface area (Å²) in [5.41, 5.74) is 6.31. The number of ether oxygens (including phenoxy) is 1. The largest absolute Gasteiger partial charge is 0.497 e. The van der Waals surface area contributed by atoms with E-state index in [9.17, 15) is 9.59 Å². The maximum Gasteiger partial charge on any atom is 0.261 e. The molecule has 0 aliphatic carbocycles. The third-order valence-electron chi connectivity index (χ3n) is 3.15. The van der Waals surface area contributed by atoms with E-state index in [-0.39, 0.29) is 17.9 Å². The lowest BCUT2D eigenvalue weighted by molar-refractivity contribution is 0.0592. The van der Waals surface area contributed by atoms with Gasteiger partial charge in [-0.15, -0.1) is 0 Å². The Bertz CT molecular complexity index is 499. The van der Waals surface area contributed by atoms with Crippen molar-refractivity contribution in [1.82, 2.24) is 4.90 Å². The number of fused-ring (bicyclic) bond motifs is 1. The molecule has 1 aromatic rings. The van der Waals surface area contributed by atoms with E-state index in [2.05, 4.69) is 0 Å². The van der Waals surface area contributed by atoms with Crippen LogP contribution in [0.25, 0.3) is 0 Å². The second kappa shape index (κ2) is 4.78. The molecule has 0 saturated carbocycles. The number of benzene rings is 1. The van der Waals surface area contributed by atoms with Crippen LogP contribution in [0.3, 0.4) is 0 Å². The number of imide groups is 1. The van der Waals surface area contributed by atoms with E-state index in [1.54, 1.807) is 18.2 Å². The summed E-state index contributed by atoms with van der Waals surface area (Å²) in [7, 11) is 1.53. The lowest BCUT2D eigenvalue weighted by atomic mass is 10.1. The van der Waals surface area contributed by atoms with Crippen molar-refractivity contribution in [3.8, 4) is 5.75 Å². The molecule has 0 bridgehead atoms. The predicted molar refractivity (Wildman–Crippen MR) is 66.6 cm³/mol. The zero-order valence-electron chi connectivity index (χ0n) is 10.5. The number of hydrogen-bond acceptors (Lipinski definition) is 4. The van der Waals surface area contributed by atoms with Crippen molar-refractivity contribution in [2.75, 3.05) is 13.7 Å². The first kappa shape index (κ1) is 12.6. The quantitative estimate of drug-likeness (QED) is 0.808. The van der Waals surface area contributed by atoms with Gasteiger partial charge < -0.3 is 10.5 Å². The number of nitrogens with two attached hydrogens (primary N) is 1. The van der Waals surface area contributed by atoms with Crippen molar-refractivity contribution < 1.29 is 14.3 Å². The Morgan fingerprint density at radius 3 is 2.56 bits per heavy atom. The number of amides is 2. The molecule has 1 aliphatic rings. The summed E-state index contributed by atoms with van der Waals surface area (Å²) in [6, 6.07) is 4.73. The van der Waals surface area contributed by atoms with Crippen molar-refractivity contribution in [2.24, 2.45) is 5.73 Å². The molecule has 1 unspecified atom stereocenters. The van der Waals surface area contributed by atoms with Crippen LogP contribution in [-0.2, 0) is 0 Å². The van der Waals surface area contributed by atoms with Crippen molar-refractivity contribution in [1.29, 1.82) is 0 Å². The monoisotopic (exact) mass is 248 g/mol. The average Bonchev–Trinajstić information content (AvgIpc) is 2.62. The number of nitrogens with zero attached hydrogens (tertiary/aromatic N) is 1. The summed E-state index contributed by atoms with van der Waals surface area (Å²) in [6.45, 7) is 2.27. The van der Waals surface area contributed by atoms with Crippen LogP contribution < -0.4 is 10.5 Å². The van der Waals surface area contributed by atoms with Gasteiger partial charge in [-0.2, -0.15) is 0 Å². The molecule has 1 aliphatic heterocycles. The maximum atomic E-state index is 12.2.